The summed E-state index contributed by atoms with van der Waals surface area (Å²) in [5.41, 5.74) is 0.481. The van der Waals surface area contributed by atoms with Crippen LogP contribution in [0, 0.1) is 5.82 Å². The molecular weight excluding hydrogens is 381 g/mol. The number of nitrogens with one attached hydrogen (secondary N) is 2. The van der Waals surface area contributed by atoms with Crippen LogP contribution in [0.5, 0.6) is 0 Å². The molecule has 0 bridgehead atoms. The number of amides is 1. The highest BCUT2D eigenvalue weighted by atomic mass is 32.1. The third-order valence-electron chi connectivity index (χ3n) is 4.94. The zero-order chi connectivity index (χ0) is 19.8. The second-order valence-electron chi connectivity index (χ2n) is 7.01. The van der Waals surface area contributed by atoms with Crippen LogP contribution in [0.1, 0.15) is 0 Å². The number of anilines is 1. The van der Waals surface area contributed by atoms with E-state index < -0.39 is 0 Å². The molecule has 154 valence electrons. The number of carbonyl (C=O) groups is 1. The minimum absolute atomic E-state index is 0.134. The molecule has 1 amide bonds. The smallest absolute Gasteiger partial charge is 0.238 e. The molecule has 1 aromatic rings. The molecule has 0 unspecified atom stereocenters. The summed E-state index contributed by atoms with van der Waals surface area (Å²) in [5, 5.41) is 6.85. The van der Waals surface area contributed by atoms with Gasteiger partial charge >= 0.3 is 0 Å². The summed E-state index contributed by atoms with van der Waals surface area (Å²) in [4.78, 5) is 18.8. The normalized spacial score (nSPS) is 18.7. The first-order chi connectivity index (χ1) is 13.6. The Balaban J connectivity index is 1.32. The SMILES string of the molecule is O=C(CN1CCN(C(=S)NCCN2CCOCC2)CC1)Nc1cccc(F)c1. The molecule has 9 heteroatoms. The highest BCUT2D eigenvalue weighted by Crippen LogP contribution is 2.09. The lowest BCUT2D eigenvalue weighted by atomic mass is 10.3. The minimum Gasteiger partial charge on any atom is -0.379 e. The molecule has 0 aliphatic carbocycles. The molecule has 0 atom stereocenters. The Labute approximate surface area is 170 Å². The molecule has 2 N–H and O–H groups in total. The first kappa shape index (κ1) is 20.9. The second-order valence-corrected chi connectivity index (χ2v) is 7.39. The fraction of sp³-hybridized carbons (Fsp3) is 0.579. The molecule has 2 heterocycles. The summed E-state index contributed by atoms with van der Waals surface area (Å²) >= 11 is 5.50. The molecule has 2 saturated heterocycles. The van der Waals surface area contributed by atoms with Crippen molar-refractivity contribution in [1.82, 2.24) is 20.0 Å². The summed E-state index contributed by atoms with van der Waals surface area (Å²) in [6, 6.07) is 5.93. The molecule has 0 aromatic heterocycles. The van der Waals surface area contributed by atoms with E-state index in [0.29, 0.717) is 12.2 Å². The molecule has 2 fully saturated rings. The van der Waals surface area contributed by atoms with Crippen LogP contribution in [0.3, 0.4) is 0 Å². The van der Waals surface area contributed by atoms with Gasteiger partial charge in [0.1, 0.15) is 5.82 Å². The van der Waals surface area contributed by atoms with Gasteiger partial charge in [-0.15, -0.1) is 0 Å². The van der Waals surface area contributed by atoms with Crippen LogP contribution in [0.15, 0.2) is 24.3 Å². The third-order valence-corrected chi connectivity index (χ3v) is 5.35. The molecule has 28 heavy (non-hydrogen) atoms. The van der Waals surface area contributed by atoms with Crippen molar-refractivity contribution in [3.8, 4) is 0 Å². The first-order valence-electron chi connectivity index (χ1n) is 9.71. The predicted octanol–water partition coefficient (Wildman–Crippen LogP) is 0.589. The maximum absolute atomic E-state index is 13.2. The molecule has 3 rings (SSSR count). The van der Waals surface area contributed by atoms with E-state index in [1.165, 1.54) is 12.1 Å². The van der Waals surface area contributed by atoms with E-state index in [1.54, 1.807) is 12.1 Å². The van der Waals surface area contributed by atoms with Gasteiger partial charge in [-0.25, -0.2) is 4.39 Å². The highest BCUT2D eigenvalue weighted by molar-refractivity contribution is 7.80. The predicted molar refractivity (Wildman–Crippen MR) is 111 cm³/mol. The average molecular weight is 410 g/mol. The Bertz CT molecular complexity index is 663. The van der Waals surface area contributed by atoms with E-state index in [2.05, 4.69) is 25.3 Å². The summed E-state index contributed by atoms with van der Waals surface area (Å²) in [6.07, 6.45) is 0. The fourth-order valence-corrected chi connectivity index (χ4v) is 3.62. The number of carbonyl (C=O) groups excluding carboxylic acids is 1. The minimum atomic E-state index is -0.360. The van der Waals surface area contributed by atoms with Crippen LogP contribution in [-0.4, -0.2) is 97.8 Å². The van der Waals surface area contributed by atoms with Gasteiger partial charge in [-0.1, -0.05) is 6.07 Å². The number of thiocarbonyl (C=S) groups is 1. The van der Waals surface area contributed by atoms with E-state index in [-0.39, 0.29) is 11.7 Å². The summed E-state index contributed by atoms with van der Waals surface area (Å²) in [5.74, 6) is -0.494. The molecule has 2 aliphatic heterocycles. The van der Waals surface area contributed by atoms with Gasteiger partial charge in [0.25, 0.3) is 0 Å². The monoisotopic (exact) mass is 409 g/mol. The van der Waals surface area contributed by atoms with Crippen LogP contribution < -0.4 is 10.6 Å². The van der Waals surface area contributed by atoms with Crippen molar-refractivity contribution in [3.63, 3.8) is 0 Å². The van der Waals surface area contributed by atoms with Gasteiger partial charge in [-0.3, -0.25) is 14.6 Å². The number of rotatable bonds is 6. The number of benzene rings is 1. The number of morpholine rings is 1. The van der Waals surface area contributed by atoms with Gasteiger partial charge in [-0.2, -0.15) is 0 Å². The highest BCUT2D eigenvalue weighted by Gasteiger charge is 2.20. The largest absolute Gasteiger partial charge is 0.379 e. The average Bonchev–Trinajstić information content (AvgIpc) is 2.69. The lowest BCUT2D eigenvalue weighted by Crippen LogP contribution is -2.53. The van der Waals surface area contributed by atoms with Crippen molar-refractivity contribution in [2.75, 3.05) is 77.4 Å². The van der Waals surface area contributed by atoms with Crippen LogP contribution in [-0.2, 0) is 9.53 Å². The Hall–Kier alpha value is -1.81. The Morgan fingerprint density at radius 3 is 2.57 bits per heavy atom. The van der Waals surface area contributed by atoms with Crippen LogP contribution >= 0.6 is 12.2 Å². The van der Waals surface area contributed by atoms with E-state index in [0.717, 1.165) is 70.7 Å². The van der Waals surface area contributed by atoms with Gasteiger partial charge < -0.3 is 20.3 Å². The molecular formula is C19H28FN5O2S. The summed E-state index contributed by atoms with van der Waals surface area (Å²) in [6.45, 7) is 8.76. The number of piperazine rings is 1. The Morgan fingerprint density at radius 1 is 1.11 bits per heavy atom. The van der Waals surface area contributed by atoms with Gasteiger partial charge in [0.15, 0.2) is 5.11 Å². The fourth-order valence-electron chi connectivity index (χ4n) is 3.34. The standard InChI is InChI=1S/C19H28FN5O2S/c20-16-2-1-3-17(14-16)22-18(26)15-24-6-8-25(9-7-24)19(28)21-4-5-23-10-12-27-13-11-23/h1-3,14H,4-13,15H2,(H,21,28)(H,22,26). The molecule has 0 saturated carbocycles. The zero-order valence-electron chi connectivity index (χ0n) is 16.0. The quantitative estimate of drug-likeness (QED) is 0.667. The van der Waals surface area contributed by atoms with Gasteiger partial charge in [-0.05, 0) is 30.4 Å². The second kappa shape index (κ2) is 10.7. The number of hydrogen-bond acceptors (Lipinski definition) is 5. The summed E-state index contributed by atoms with van der Waals surface area (Å²) in [7, 11) is 0. The van der Waals surface area contributed by atoms with Crippen molar-refractivity contribution in [2.24, 2.45) is 0 Å². The van der Waals surface area contributed by atoms with Crippen molar-refractivity contribution in [2.45, 2.75) is 0 Å². The Morgan fingerprint density at radius 2 is 1.86 bits per heavy atom. The number of hydrogen-bond donors (Lipinski definition) is 2. The van der Waals surface area contributed by atoms with Gasteiger partial charge in [0.2, 0.25) is 5.91 Å². The lowest BCUT2D eigenvalue weighted by Gasteiger charge is -2.36. The van der Waals surface area contributed by atoms with Crippen molar-refractivity contribution >= 4 is 28.9 Å². The van der Waals surface area contributed by atoms with Crippen LogP contribution in [0.25, 0.3) is 0 Å². The maximum atomic E-state index is 13.2. The topological polar surface area (TPSA) is 60.1 Å². The Kier molecular flexibility index (Phi) is 7.96. The van der Waals surface area contributed by atoms with Crippen molar-refractivity contribution in [1.29, 1.82) is 0 Å². The third kappa shape index (κ3) is 6.66. The van der Waals surface area contributed by atoms with E-state index in [9.17, 15) is 9.18 Å². The molecule has 7 nitrogen and oxygen atoms in total. The molecule has 0 radical (unpaired) electrons. The van der Waals surface area contributed by atoms with Crippen molar-refractivity contribution in [3.05, 3.63) is 30.1 Å². The molecule has 1 aromatic carbocycles. The van der Waals surface area contributed by atoms with Crippen molar-refractivity contribution < 1.29 is 13.9 Å². The maximum Gasteiger partial charge on any atom is 0.238 e. The molecule has 0 spiro atoms. The number of halogens is 1. The van der Waals surface area contributed by atoms with Crippen LogP contribution in [0.2, 0.25) is 0 Å². The van der Waals surface area contributed by atoms with E-state index in [1.807, 2.05) is 0 Å². The molecule has 2 aliphatic rings. The summed E-state index contributed by atoms with van der Waals surface area (Å²) < 4.78 is 18.5. The number of ether oxygens (including phenoxy) is 1. The lowest BCUT2D eigenvalue weighted by molar-refractivity contribution is -0.117. The van der Waals surface area contributed by atoms with Gasteiger partial charge in [0.05, 0.1) is 19.8 Å². The van der Waals surface area contributed by atoms with E-state index in [4.69, 9.17) is 17.0 Å². The zero-order valence-corrected chi connectivity index (χ0v) is 16.8. The number of nitrogens with zero attached hydrogens (tertiary/aromatic N) is 3. The van der Waals surface area contributed by atoms with Crippen LogP contribution in [0.4, 0.5) is 10.1 Å². The van der Waals surface area contributed by atoms with Gasteiger partial charge in [0, 0.05) is 58.0 Å². The van der Waals surface area contributed by atoms with E-state index >= 15 is 0 Å². The first-order valence-corrected chi connectivity index (χ1v) is 10.1.